The van der Waals surface area contributed by atoms with Crippen molar-refractivity contribution >= 4 is 12.4 Å². The molecule has 1 saturated carbocycles. The third kappa shape index (κ3) is 2.28. The topological polar surface area (TPSA) is 26.0 Å². The fourth-order valence-corrected chi connectivity index (χ4v) is 1.91. The third-order valence-corrected chi connectivity index (χ3v) is 2.91. The minimum atomic E-state index is 0. The van der Waals surface area contributed by atoms with E-state index < -0.39 is 0 Å². The zero-order valence-electron chi connectivity index (χ0n) is 8.79. The Hall–Kier alpha value is -0.530. The average Bonchev–Trinajstić information content (AvgIpc) is 2.85. The van der Waals surface area contributed by atoms with Gasteiger partial charge in [-0.1, -0.05) is 23.8 Å². The van der Waals surface area contributed by atoms with Gasteiger partial charge in [0.25, 0.3) is 0 Å². The Balaban J connectivity index is 0.000000980. The second-order valence-corrected chi connectivity index (χ2v) is 4.22. The highest BCUT2D eigenvalue weighted by Gasteiger charge is 2.29. The molecule has 0 bridgehead atoms. The standard InChI is InChI=1S/C12H17N.ClH/c1-8-3-6-11(9(2)7-8)12(13)10-4-5-10;/h3,6-7,10,12H,4-5,13H2,1-2H3;1H. The first kappa shape index (κ1) is 11.5. The number of hydrogen-bond donors (Lipinski definition) is 1. The molecule has 0 radical (unpaired) electrons. The normalized spacial score (nSPS) is 17.4. The predicted octanol–water partition coefficient (Wildman–Crippen LogP) is 3.14. The zero-order chi connectivity index (χ0) is 9.42. The Kier molecular flexibility index (Phi) is 3.57. The first-order chi connectivity index (χ1) is 6.18. The second kappa shape index (κ2) is 4.33. The van der Waals surface area contributed by atoms with E-state index >= 15 is 0 Å². The van der Waals surface area contributed by atoms with Crippen molar-refractivity contribution in [3.63, 3.8) is 0 Å². The van der Waals surface area contributed by atoms with Gasteiger partial charge in [-0.3, -0.25) is 0 Å². The van der Waals surface area contributed by atoms with Gasteiger partial charge in [0, 0.05) is 6.04 Å². The van der Waals surface area contributed by atoms with E-state index in [-0.39, 0.29) is 18.4 Å². The Morgan fingerprint density at radius 1 is 1.29 bits per heavy atom. The van der Waals surface area contributed by atoms with Crippen LogP contribution in [0.3, 0.4) is 0 Å². The van der Waals surface area contributed by atoms with E-state index in [1.807, 2.05) is 0 Å². The SMILES string of the molecule is Cc1ccc(C(N)C2CC2)c(C)c1.Cl. The lowest BCUT2D eigenvalue weighted by Crippen LogP contribution is -2.13. The van der Waals surface area contributed by atoms with Crippen LogP contribution in [0.2, 0.25) is 0 Å². The highest BCUT2D eigenvalue weighted by atomic mass is 35.5. The number of nitrogens with two attached hydrogens (primary N) is 1. The smallest absolute Gasteiger partial charge is 0.0326 e. The molecule has 0 amide bonds. The summed E-state index contributed by atoms with van der Waals surface area (Å²) in [6, 6.07) is 6.84. The molecule has 1 aromatic carbocycles. The predicted molar refractivity (Wildman–Crippen MR) is 62.8 cm³/mol. The lowest BCUT2D eigenvalue weighted by atomic mass is 9.97. The van der Waals surface area contributed by atoms with Crippen LogP contribution >= 0.6 is 12.4 Å². The molecule has 1 nitrogen and oxygen atoms in total. The molecule has 1 fully saturated rings. The number of rotatable bonds is 2. The fourth-order valence-electron chi connectivity index (χ4n) is 1.91. The second-order valence-electron chi connectivity index (χ2n) is 4.22. The molecule has 0 aliphatic heterocycles. The van der Waals surface area contributed by atoms with Gasteiger partial charge in [0.15, 0.2) is 0 Å². The maximum atomic E-state index is 6.15. The highest BCUT2D eigenvalue weighted by Crippen LogP contribution is 2.40. The molecule has 1 atom stereocenters. The first-order valence-corrected chi connectivity index (χ1v) is 5.01. The summed E-state index contributed by atoms with van der Waals surface area (Å²) in [7, 11) is 0. The van der Waals surface area contributed by atoms with Crippen LogP contribution in [-0.2, 0) is 0 Å². The van der Waals surface area contributed by atoms with Gasteiger partial charge in [-0.2, -0.15) is 0 Å². The number of aryl methyl sites for hydroxylation is 2. The molecule has 2 rings (SSSR count). The monoisotopic (exact) mass is 211 g/mol. The van der Waals surface area contributed by atoms with E-state index in [9.17, 15) is 0 Å². The minimum Gasteiger partial charge on any atom is -0.324 e. The van der Waals surface area contributed by atoms with Crippen molar-refractivity contribution in [1.29, 1.82) is 0 Å². The molecule has 78 valence electrons. The first-order valence-electron chi connectivity index (χ1n) is 5.01. The van der Waals surface area contributed by atoms with Gasteiger partial charge in [0.05, 0.1) is 0 Å². The summed E-state index contributed by atoms with van der Waals surface area (Å²) in [5, 5.41) is 0. The van der Waals surface area contributed by atoms with Gasteiger partial charge >= 0.3 is 0 Å². The van der Waals surface area contributed by atoms with Gasteiger partial charge < -0.3 is 5.73 Å². The molecule has 1 unspecified atom stereocenters. The van der Waals surface area contributed by atoms with Gasteiger partial charge in [0.1, 0.15) is 0 Å². The summed E-state index contributed by atoms with van der Waals surface area (Å²) in [5.41, 5.74) is 10.2. The van der Waals surface area contributed by atoms with Crippen molar-refractivity contribution in [1.82, 2.24) is 0 Å². The summed E-state index contributed by atoms with van der Waals surface area (Å²) in [6.07, 6.45) is 2.63. The van der Waals surface area contributed by atoms with Gasteiger partial charge in [-0.25, -0.2) is 0 Å². The highest BCUT2D eigenvalue weighted by molar-refractivity contribution is 5.85. The van der Waals surface area contributed by atoms with Crippen LogP contribution in [0.25, 0.3) is 0 Å². The molecule has 0 saturated heterocycles. The van der Waals surface area contributed by atoms with Crippen LogP contribution in [0, 0.1) is 19.8 Å². The van der Waals surface area contributed by atoms with Crippen molar-refractivity contribution in [3.8, 4) is 0 Å². The van der Waals surface area contributed by atoms with Gasteiger partial charge in [0.2, 0.25) is 0 Å². The number of halogens is 1. The maximum absolute atomic E-state index is 6.15. The largest absolute Gasteiger partial charge is 0.324 e. The minimum absolute atomic E-state index is 0. The van der Waals surface area contributed by atoms with Crippen LogP contribution in [-0.4, -0.2) is 0 Å². The van der Waals surface area contributed by atoms with Crippen LogP contribution in [0.15, 0.2) is 18.2 Å². The quantitative estimate of drug-likeness (QED) is 0.799. The lowest BCUT2D eigenvalue weighted by Gasteiger charge is -2.14. The summed E-state index contributed by atoms with van der Waals surface area (Å²) < 4.78 is 0. The molecule has 2 N–H and O–H groups in total. The van der Waals surface area contributed by atoms with Crippen LogP contribution in [0.5, 0.6) is 0 Å². The molecule has 0 aromatic heterocycles. The van der Waals surface area contributed by atoms with Crippen molar-refractivity contribution in [2.24, 2.45) is 11.7 Å². The van der Waals surface area contributed by atoms with E-state index in [4.69, 9.17) is 5.73 Å². The Bertz CT molecular complexity index is 318. The molecular formula is C12H18ClN. The Labute approximate surface area is 92.1 Å². The van der Waals surface area contributed by atoms with E-state index in [0.29, 0.717) is 0 Å². The summed E-state index contributed by atoms with van der Waals surface area (Å²) in [6.45, 7) is 4.28. The third-order valence-electron chi connectivity index (χ3n) is 2.91. The average molecular weight is 212 g/mol. The van der Waals surface area contributed by atoms with Crippen molar-refractivity contribution in [3.05, 3.63) is 34.9 Å². The van der Waals surface area contributed by atoms with Crippen LogP contribution < -0.4 is 5.73 Å². The summed E-state index contributed by atoms with van der Waals surface area (Å²) in [5.74, 6) is 0.751. The lowest BCUT2D eigenvalue weighted by molar-refractivity contribution is 0.629. The summed E-state index contributed by atoms with van der Waals surface area (Å²) >= 11 is 0. The van der Waals surface area contributed by atoms with E-state index in [2.05, 4.69) is 32.0 Å². The zero-order valence-corrected chi connectivity index (χ0v) is 9.60. The molecule has 1 aliphatic carbocycles. The fraction of sp³-hybridized carbons (Fsp3) is 0.500. The van der Waals surface area contributed by atoms with Crippen LogP contribution in [0.1, 0.15) is 35.6 Å². The summed E-state index contributed by atoms with van der Waals surface area (Å²) in [4.78, 5) is 0. The van der Waals surface area contributed by atoms with E-state index in [1.165, 1.54) is 29.5 Å². The van der Waals surface area contributed by atoms with E-state index in [1.54, 1.807) is 0 Å². The Morgan fingerprint density at radius 3 is 2.43 bits per heavy atom. The van der Waals surface area contributed by atoms with Crippen molar-refractivity contribution < 1.29 is 0 Å². The molecule has 2 heteroatoms. The molecular weight excluding hydrogens is 194 g/mol. The van der Waals surface area contributed by atoms with Crippen molar-refractivity contribution in [2.75, 3.05) is 0 Å². The maximum Gasteiger partial charge on any atom is 0.0326 e. The molecule has 1 aliphatic rings. The molecule has 1 aromatic rings. The molecule has 14 heavy (non-hydrogen) atoms. The molecule has 0 heterocycles. The molecule has 0 spiro atoms. The van der Waals surface area contributed by atoms with Gasteiger partial charge in [-0.15, -0.1) is 12.4 Å². The number of benzene rings is 1. The van der Waals surface area contributed by atoms with E-state index in [0.717, 1.165) is 5.92 Å². The van der Waals surface area contributed by atoms with Gasteiger partial charge in [-0.05, 0) is 43.7 Å². The Morgan fingerprint density at radius 2 is 1.93 bits per heavy atom. The number of hydrogen-bond acceptors (Lipinski definition) is 1. The van der Waals surface area contributed by atoms with Crippen LogP contribution in [0.4, 0.5) is 0 Å². The van der Waals surface area contributed by atoms with Crippen molar-refractivity contribution in [2.45, 2.75) is 32.7 Å².